The molecule has 1 aromatic rings. The number of hydrogen-bond donors (Lipinski definition) is 2. The number of halogens is 1. The number of carboxylic acid groups (broad SMARTS) is 2. The molecule has 0 aliphatic carbocycles. The molecule has 0 heterocycles. The summed E-state index contributed by atoms with van der Waals surface area (Å²) < 4.78 is 18.2. The fourth-order valence-electron chi connectivity index (χ4n) is 1.10. The number of alkyl halides is 1. The highest BCUT2D eigenvalue weighted by molar-refractivity contribution is 6.01. The summed E-state index contributed by atoms with van der Waals surface area (Å²) in [5.41, 5.74) is -2.71. The maximum Gasteiger partial charge on any atom is 0.355 e. The molecule has 0 saturated heterocycles. The van der Waals surface area contributed by atoms with Gasteiger partial charge in [-0.2, -0.15) is 0 Å². The van der Waals surface area contributed by atoms with E-state index in [1.165, 1.54) is 0 Å². The van der Waals surface area contributed by atoms with Crippen molar-refractivity contribution in [3.8, 4) is 0 Å². The zero-order valence-corrected chi connectivity index (χ0v) is 8.80. The lowest BCUT2D eigenvalue weighted by Gasteiger charge is -2.15. The highest BCUT2D eigenvalue weighted by Gasteiger charge is 2.48. The van der Waals surface area contributed by atoms with Crippen molar-refractivity contribution in [2.45, 2.75) is 12.3 Å². The molecule has 92 valence electrons. The second-order valence-electron chi connectivity index (χ2n) is 3.39. The Kier molecular flexibility index (Phi) is 4.17. The molecule has 0 radical (unpaired) electrons. The van der Waals surface area contributed by atoms with Gasteiger partial charge in [-0.3, -0.25) is 0 Å². The average Bonchev–Trinajstić information content (AvgIpc) is 2.29. The van der Waals surface area contributed by atoms with Crippen LogP contribution < -0.4 is 0 Å². The van der Waals surface area contributed by atoms with Gasteiger partial charge in [0.05, 0.1) is 6.61 Å². The largest absolute Gasteiger partial charge is 0.478 e. The highest BCUT2D eigenvalue weighted by atomic mass is 19.1. The Labute approximate surface area is 96.4 Å². The number of aliphatic carboxylic acids is 2. The smallest absolute Gasteiger partial charge is 0.355 e. The SMILES string of the molecule is O=C(O)C(F)(COCc1ccccc1)C(=O)O. The first-order valence-corrected chi connectivity index (χ1v) is 4.74. The molecule has 0 aliphatic rings. The predicted molar refractivity (Wildman–Crippen MR) is 55.2 cm³/mol. The quantitative estimate of drug-likeness (QED) is 0.729. The van der Waals surface area contributed by atoms with E-state index >= 15 is 0 Å². The van der Waals surface area contributed by atoms with Gasteiger partial charge >= 0.3 is 17.6 Å². The van der Waals surface area contributed by atoms with E-state index in [1.54, 1.807) is 30.3 Å². The maximum absolute atomic E-state index is 13.4. The summed E-state index contributed by atoms with van der Waals surface area (Å²) in [4.78, 5) is 20.9. The average molecular weight is 242 g/mol. The summed E-state index contributed by atoms with van der Waals surface area (Å²) >= 11 is 0. The van der Waals surface area contributed by atoms with Gasteiger partial charge in [0.25, 0.3) is 0 Å². The predicted octanol–water partition coefficient (Wildman–Crippen LogP) is 1.08. The minimum Gasteiger partial charge on any atom is -0.478 e. The third-order valence-corrected chi connectivity index (χ3v) is 2.09. The summed E-state index contributed by atoms with van der Waals surface area (Å²) in [7, 11) is 0. The molecular formula is C11H11FO5. The van der Waals surface area contributed by atoms with Crippen LogP contribution in [0, 0.1) is 0 Å². The van der Waals surface area contributed by atoms with Crippen molar-refractivity contribution in [3.05, 3.63) is 35.9 Å². The van der Waals surface area contributed by atoms with Crippen LogP contribution in [-0.2, 0) is 20.9 Å². The van der Waals surface area contributed by atoms with Crippen LogP contribution in [0.3, 0.4) is 0 Å². The molecule has 0 bridgehead atoms. The monoisotopic (exact) mass is 242 g/mol. The Morgan fingerprint density at radius 1 is 1.18 bits per heavy atom. The first kappa shape index (κ1) is 13.1. The maximum atomic E-state index is 13.4. The van der Waals surface area contributed by atoms with Gasteiger partial charge in [0.2, 0.25) is 0 Å². The van der Waals surface area contributed by atoms with Crippen LogP contribution in [0.15, 0.2) is 30.3 Å². The van der Waals surface area contributed by atoms with Crippen LogP contribution in [0.25, 0.3) is 0 Å². The van der Waals surface area contributed by atoms with Crippen LogP contribution in [0.5, 0.6) is 0 Å². The Hall–Kier alpha value is -1.95. The van der Waals surface area contributed by atoms with E-state index in [2.05, 4.69) is 0 Å². The molecule has 0 fully saturated rings. The van der Waals surface area contributed by atoms with Crippen molar-refractivity contribution < 1.29 is 28.9 Å². The first-order valence-electron chi connectivity index (χ1n) is 4.74. The number of benzene rings is 1. The summed E-state index contributed by atoms with van der Waals surface area (Å²) in [6.45, 7) is -1.08. The van der Waals surface area contributed by atoms with Gasteiger partial charge in [-0.05, 0) is 5.56 Å². The van der Waals surface area contributed by atoms with Crippen molar-refractivity contribution in [1.29, 1.82) is 0 Å². The molecule has 0 atom stereocenters. The summed E-state index contributed by atoms with van der Waals surface area (Å²) in [6.07, 6.45) is 0. The molecule has 0 amide bonds. The Morgan fingerprint density at radius 3 is 2.18 bits per heavy atom. The van der Waals surface area contributed by atoms with Gasteiger partial charge < -0.3 is 14.9 Å². The first-order chi connectivity index (χ1) is 7.97. The van der Waals surface area contributed by atoms with Gasteiger partial charge in [0, 0.05) is 0 Å². The Morgan fingerprint density at radius 2 is 1.71 bits per heavy atom. The number of carbonyl (C=O) groups is 2. The zero-order chi connectivity index (χ0) is 12.9. The van der Waals surface area contributed by atoms with Crippen molar-refractivity contribution in [2.75, 3.05) is 6.61 Å². The summed E-state index contributed by atoms with van der Waals surface area (Å²) in [6, 6.07) is 8.63. The van der Waals surface area contributed by atoms with Crippen LogP contribution >= 0.6 is 0 Å². The minimum absolute atomic E-state index is 0.0485. The molecule has 2 N–H and O–H groups in total. The minimum atomic E-state index is -3.41. The fraction of sp³-hybridized carbons (Fsp3) is 0.273. The molecule has 5 nitrogen and oxygen atoms in total. The van der Waals surface area contributed by atoms with Gasteiger partial charge in [0.15, 0.2) is 0 Å². The molecule has 0 aromatic heterocycles. The van der Waals surface area contributed by atoms with Crippen molar-refractivity contribution in [2.24, 2.45) is 0 Å². The van der Waals surface area contributed by atoms with Crippen LogP contribution in [0.2, 0.25) is 0 Å². The normalized spacial score (nSPS) is 11.1. The van der Waals surface area contributed by atoms with E-state index in [4.69, 9.17) is 14.9 Å². The summed E-state index contributed by atoms with van der Waals surface area (Å²) in [5.74, 6) is -4.14. The van der Waals surface area contributed by atoms with Crippen molar-refractivity contribution in [3.63, 3.8) is 0 Å². The second kappa shape index (κ2) is 5.40. The molecule has 17 heavy (non-hydrogen) atoms. The number of carboxylic acids is 2. The third-order valence-electron chi connectivity index (χ3n) is 2.09. The molecule has 1 rings (SSSR count). The zero-order valence-electron chi connectivity index (χ0n) is 8.80. The lowest BCUT2D eigenvalue weighted by Crippen LogP contribution is -2.46. The van der Waals surface area contributed by atoms with Crippen molar-refractivity contribution >= 4 is 11.9 Å². The van der Waals surface area contributed by atoms with Crippen molar-refractivity contribution in [1.82, 2.24) is 0 Å². The topological polar surface area (TPSA) is 83.8 Å². The van der Waals surface area contributed by atoms with Gasteiger partial charge in [-0.15, -0.1) is 0 Å². The molecule has 6 heteroatoms. The van der Waals surface area contributed by atoms with Gasteiger partial charge in [-0.1, -0.05) is 30.3 Å². The van der Waals surface area contributed by atoms with E-state index in [0.717, 1.165) is 0 Å². The number of rotatable bonds is 6. The van der Waals surface area contributed by atoms with E-state index in [-0.39, 0.29) is 6.61 Å². The number of ether oxygens (including phenoxy) is 1. The van der Waals surface area contributed by atoms with Crippen LogP contribution in [0.1, 0.15) is 5.56 Å². The molecule has 0 unspecified atom stereocenters. The number of hydrogen-bond acceptors (Lipinski definition) is 3. The molecule has 0 spiro atoms. The van der Waals surface area contributed by atoms with Gasteiger partial charge in [0.1, 0.15) is 6.61 Å². The fourth-order valence-corrected chi connectivity index (χ4v) is 1.10. The Balaban J connectivity index is 2.55. The van der Waals surface area contributed by atoms with Crippen LogP contribution in [-0.4, -0.2) is 34.4 Å². The summed E-state index contributed by atoms with van der Waals surface area (Å²) in [5, 5.41) is 16.9. The van der Waals surface area contributed by atoms with E-state index in [9.17, 15) is 14.0 Å². The second-order valence-corrected chi connectivity index (χ2v) is 3.39. The van der Waals surface area contributed by atoms with E-state index in [1.807, 2.05) is 0 Å². The third kappa shape index (κ3) is 3.25. The molecule has 0 aliphatic heterocycles. The molecule has 1 aromatic carbocycles. The van der Waals surface area contributed by atoms with Gasteiger partial charge in [-0.25, -0.2) is 14.0 Å². The molecular weight excluding hydrogens is 231 g/mol. The molecule has 0 saturated carbocycles. The lowest BCUT2D eigenvalue weighted by molar-refractivity contribution is -0.172. The van der Waals surface area contributed by atoms with E-state index < -0.39 is 24.2 Å². The Bertz CT molecular complexity index is 390. The lowest BCUT2D eigenvalue weighted by atomic mass is 10.1. The van der Waals surface area contributed by atoms with Crippen LogP contribution in [0.4, 0.5) is 4.39 Å². The highest BCUT2D eigenvalue weighted by Crippen LogP contribution is 2.14. The standard InChI is InChI=1S/C11H11FO5/c12-11(9(13)14,10(15)16)7-17-6-8-4-2-1-3-5-8/h1-5H,6-7H2,(H,13,14)(H,15,16). The van der Waals surface area contributed by atoms with E-state index in [0.29, 0.717) is 5.56 Å².